The van der Waals surface area contributed by atoms with Crippen LogP contribution in [0.3, 0.4) is 0 Å². The van der Waals surface area contributed by atoms with Crippen LogP contribution in [0.2, 0.25) is 0 Å². The Balaban J connectivity index is 2.44. The molecule has 1 aliphatic carbocycles. The summed E-state index contributed by atoms with van der Waals surface area (Å²) in [5.74, 6) is 0.199. The molecule has 0 spiro atoms. The van der Waals surface area contributed by atoms with Gasteiger partial charge in [-0.25, -0.2) is 0 Å². The highest BCUT2D eigenvalue weighted by atomic mass is 16.2. The lowest BCUT2D eigenvalue weighted by atomic mass is 10.1. The van der Waals surface area contributed by atoms with Gasteiger partial charge >= 0.3 is 0 Å². The van der Waals surface area contributed by atoms with Gasteiger partial charge in [0.2, 0.25) is 5.91 Å². The molecule has 0 aromatic rings. The maximum atomic E-state index is 11.6. The molecular weight excluding hydrogens is 164 g/mol. The topological polar surface area (TPSA) is 44.1 Å². The fourth-order valence-corrected chi connectivity index (χ4v) is 1.32. The fraction of sp³-hybridized carbons (Fsp3) is 0.800. The van der Waals surface area contributed by atoms with E-state index >= 15 is 0 Å². The summed E-state index contributed by atoms with van der Waals surface area (Å²) in [6, 6.07) is 1.98. The first-order valence-corrected chi connectivity index (χ1v) is 4.87. The van der Waals surface area contributed by atoms with Gasteiger partial charge in [0.15, 0.2) is 0 Å². The van der Waals surface area contributed by atoms with Crippen molar-refractivity contribution in [1.29, 1.82) is 5.26 Å². The highest BCUT2D eigenvalue weighted by Gasteiger charge is 2.27. The van der Waals surface area contributed by atoms with Gasteiger partial charge in [-0.1, -0.05) is 0 Å². The van der Waals surface area contributed by atoms with E-state index in [1.807, 2.05) is 13.0 Å². The van der Waals surface area contributed by atoms with Crippen LogP contribution < -0.4 is 0 Å². The summed E-state index contributed by atoms with van der Waals surface area (Å²) in [6.07, 6.45) is 2.48. The van der Waals surface area contributed by atoms with Gasteiger partial charge < -0.3 is 4.90 Å². The van der Waals surface area contributed by atoms with Gasteiger partial charge in [0.25, 0.3) is 0 Å². The number of nitriles is 1. The molecule has 0 heterocycles. The van der Waals surface area contributed by atoms with E-state index in [9.17, 15) is 4.79 Å². The SMILES string of the molecule is CCN(CC1CC1)C(=O)C(C)C#N. The molecule has 1 aliphatic rings. The summed E-state index contributed by atoms with van der Waals surface area (Å²) in [4.78, 5) is 13.4. The van der Waals surface area contributed by atoms with Crippen molar-refractivity contribution in [1.82, 2.24) is 4.90 Å². The molecule has 0 aromatic carbocycles. The van der Waals surface area contributed by atoms with E-state index in [-0.39, 0.29) is 5.91 Å². The van der Waals surface area contributed by atoms with Crippen LogP contribution >= 0.6 is 0 Å². The molecule has 0 bridgehead atoms. The molecule has 0 aliphatic heterocycles. The first-order chi connectivity index (χ1) is 6.19. The lowest BCUT2D eigenvalue weighted by Gasteiger charge is -2.21. The normalized spacial score (nSPS) is 17.6. The van der Waals surface area contributed by atoms with Crippen molar-refractivity contribution in [3.8, 4) is 6.07 Å². The van der Waals surface area contributed by atoms with Crippen LogP contribution in [0.4, 0.5) is 0 Å². The zero-order valence-corrected chi connectivity index (χ0v) is 8.29. The van der Waals surface area contributed by atoms with Crippen molar-refractivity contribution >= 4 is 5.91 Å². The van der Waals surface area contributed by atoms with Crippen molar-refractivity contribution < 1.29 is 4.79 Å². The molecule has 0 N–H and O–H groups in total. The van der Waals surface area contributed by atoms with E-state index in [0.717, 1.165) is 13.1 Å². The largest absolute Gasteiger partial charge is 0.342 e. The number of carbonyl (C=O) groups is 1. The molecule has 1 rings (SSSR count). The van der Waals surface area contributed by atoms with Crippen LogP contribution in [-0.4, -0.2) is 23.9 Å². The summed E-state index contributed by atoms with van der Waals surface area (Å²) in [5.41, 5.74) is 0. The highest BCUT2D eigenvalue weighted by molar-refractivity contribution is 5.80. The maximum absolute atomic E-state index is 11.6. The molecule has 13 heavy (non-hydrogen) atoms. The number of nitrogens with zero attached hydrogens (tertiary/aromatic N) is 2. The van der Waals surface area contributed by atoms with E-state index in [2.05, 4.69) is 0 Å². The molecule has 1 atom stereocenters. The van der Waals surface area contributed by atoms with Gasteiger partial charge in [0.05, 0.1) is 6.07 Å². The molecule has 1 saturated carbocycles. The molecule has 1 amide bonds. The monoisotopic (exact) mass is 180 g/mol. The van der Waals surface area contributed by atoms with Crippen LogP contribution in [0, 0.1) is 23.2 Å². The molecule has 3 heteroatoms. The number of carbonyl (C=O) groups excluding carboxylic acids is 1. The predicted molar refractivity (Wildman–Crippen MR) is 49.8 cm³/mol. The molecule has 72 valence electrons. The Morgan fingerprint density at radius 2 is 2.31 bits per heavy atom. The second-order valence-corrected chi connectivity index (χ2v) is 3.67. The van der Waals surface area contributed by atoms with Crippen molar-refractivity contribution in [3.63, 3.8) is 0 Å². The standard InChI is InChI=1S/C10H16N2O/c1-3-12(7-9-4-5-9)10(13)8(2)6-11/h8-9H,3-5,7H2,1-2H3. The lowest BCUT2D eigenvalue weighted by Crippen LogP contribution is -2.36. The smallest absolute Gasteiger partial charge is 0.239 e. The third-order valence-electron chi connectivity index (χ3n) is 2.43. The molecule has 0 saturated heterocycles. The summed E-state index contributed by atoms with van der Waals surface area (Å²) < 4.78 is 0. The minimum Gasteiger partial charge on any atom is -0.342 e. The average molecular weight is 180 g/mol. The quantitative estimate of drug-likeness (QED) is 0.656. The van der Waals surface area contributed by atoms with Gasteiger partial charge in [-0.3, -0.25) is 4.79 Å². The van der Waals surface area contributed by atoms with Crippen molar-refractivity contribution in [3.05, 3.63) is 0 Å². The predicted octanol–water partition coefficient (Wildman–Crippen LogP) is 1.40. The van der Waals surface area contributed by atoms with Crippen LogP contribution in [0.1, 0.15) is 26.7 Å². The van der Waals surface area contributed by atoms with Crippen LogP contribution in [-0.2, 0) is 4.79 Å². The molecule has 0 aromatic heterocycles. The van der Waals surface area contributed by atoms with Gasteiger partial charge in [-0.15, -0.1) is 0 Å². The number of hydrogen-bond acceptors (Lipinski definition) is 2. The maximum Gasteiger partial charge on any atom is 0.239 e. The third-order valence-corrected chi connectivity index (χ3v) is 2.43. The molecular formula is C10H16N2O. The Morgan fingerprint density at radius 1 is 1.69 bits per heavy atom. The molecule has 1 fully saturated rings. The van der Waals surface area contributed by atoms with E-state index in [4.69, 9.17) is 5.26 Å². The Hall–Kier alpha value is -1.04. The second-order valence-electron chi connectivity index (χ2n) is 3.67. The van der Waals surface area contributed by atoms with Crippen LogP contribution in [0.15, 0.2) is 0 Å². The van der Waals surface area contributed by atoms with E-state index < -0.39 is 5.92 Å². The summed E-state index contributed by atoms with van der Waals surface area (Å²) in [5, 5.41) is 8.60. The Morgan fingerprint density at radius 3 is 2.69 bits per heavy atom. The highest BCUT2D eigenvalue weighted by Crippen LogP contribution is 2.29. The van der Waals surface area contributed by atoms with Crippen LogP contribution in [0.5, 0.6) is 0 Å². The number of hydrogen-bond donors (Lipinski definition) is 0. The Kier molecular flexibility index (Phi) is 3.30. The first-order valence-electron chi connectivity index (χ1n) is 4.87. The van der Waals surface area contributed by atoms with Gasteiger partial charge in [0.1, 0.15) is 5.92 Å². The van der Waals surface area contributed by atoms with E-state index in [1.165, 1.54) is 12.8 Å². The second kappa shape index (κ2) is 4.27. The summed E-state index contributed by atoms with van der Waals surface area (Å²) in [6.45, 7) is 5.20. The minimum absolute atomic E-state index is 0.0168. The molecule has 3 nitrogen and oxygen atoms in total. The molecule has 1 unspecified atom stereocenters. The summed E-state index contributed by atoms with van der Waals surface area (Å²) in [7, 11) is 0. The Labute approximate surface area is 79.3 Å². The lowest BCUT2D eigenvalue weighted by molar-refractivity contribution is -0.133. The van der Waals surface area contributed by atoms with Crippen molar-refractivity contribution in [2.45, 2.75) is 26.7 Å². The minimum atomic E-state index is -0.487. The zero-order chi connectivity index (χ0) is 9.84. The van der Waals surface area contributed by atoms with E-state index in [1.54, 1.807) is 11.8 Å². The van der Waals surface area contributed by atoms with Gasteiger partial charge in [0, 0.05) is 13.1 Å². The zero-order valence-electron chi connectivity index (χ0n) is 8.29. The fourth-order valence-electron chi connectivity index (χ4n) is 1.32. The third kappa shape index (κ3) is 2.73. The number of rotatable bonds is 4. The molecule has 0 radical (unpaired) electrons. The van der Waals surface area contributed by atoms with Gasteiger partial charge in [-0.2, -0.15) is 5.26 Å². The van der Waals surface area contributed by atoms with Crippen molar-refractivity contribution in [2.24, 2.45) is 11.8 Å². The summed E-state index contributed by atoms with van der Waals surface area (Å²) >= 11 is 0. The van der Waals surface area contributed by atoms with Gasteiger partial charge in [-0.05, 0) is 32.6 Å². The first kappa shape index (κ1) is 10.0. The average Bonchev–Trinajstić information content (AvgIpc) is 2.95. The Bertz CT molecular complexity index is 228. The van der Waals surface area contributed by atoms with Crippen LogP contribution in [0.25, 0.3) is 0 Å². The van der Waals surface area contributed by atoms with Crippen molar-refractivity contribution in [2.75, 3.05) is 13.1 Å². The number of amides is 1. The van der Waals surface area contributed by atoms with E-state index in [0.29, 0.717) is 5.92 Å².